The quantitative estimate of drug-likeness (QED) is 0.348. The molecule has 0 aliphatic heterocycles. The highest BCUT2D eigenvalue weighted by Gasteiger charge is 2.20. The summed E-state index contributed by atoms with van der Waals surface area (Å²) in [6.45, 7) is 0. The highest BCUT2D eigenvalue weighted by Crippen LogP contribution is 2.30. The molecule has 142 valence electrons. The van der Waals surface area contributed by atoms with Crippen LogP contribution in [0.2, 0.25) is 0 Å². The predicted molar refractivity (Wildman–Crippen MR) is 115 cm³/mol. The van der Waals surface area contributed by atoms with Crippen LogP contribution in [0.3, 0.4) is 0 Å². The minimum Gasteiger partial charge on any atom is -0.423 e. The highest BCUT2D eigenvalue weighted by atomic mass is 16.5. The van der Waals surface area contributed by atoms with E-state index in [-0.39, 0.29) is 5.78 Å². The van der Waals surface area contributed by atoms with E-state index in [1.807, 2.05) is 66.7 Å². The largest absolute Gasteiger partial charge is 0.423 e. The fraction of sp³-hybridized carbons (Fsp3) is 0.0769. The molecule has 0 spiro atoms. The molecule has 0 N–H and O–H groups in total. The Morgan fingerprint density at radius 2 is 1.52 bits per heavy atom. The van der Waals surface area contributed by atoms with Crippen LogP contribution in [-0.4, -0.2) is 11.8 Å². The van der Waals surface area contributed by atoms with Crippen LogP contribution in [-0.2, 0) is 16.0 Å². The number of aryl methyl sites for hydroxylation is 1. The molecule has 0 fully saturated rings. The topological polar surface area (TPSA) is 43.4 Å². The number of ether oxygens (including phenoxy) is 1. The molecule has 3 heteroatoms. The van der Waals surface area contributed by atoms with Crippen LogP contribution in [0.25, 0.3) is 17.7 Å². The summed E-state index contributed by atoms with van der Waals surface area (Å²) in [6.07, 6.45) is 6.35. The number of hydrogen-bond donors (Lipinski definition) is 0. The third-order valence-corrected chi connectivity index (χ3v) is 4.85. The minimum atomic E-state index is -0.434. The molecule has 29 heavy (non-hydrogen) atoms. The van der Waals surface area contributed by atoms with E-state index in [1.165, 1.54) is 11.6 Å². The van der Waals surface area contributed by atoms with E-state index < -0.39 is 5.97 Å². The predicted octanol–water partition coefficient (Wildman–Crippen LogP) is 5.36. The smallest absolute Gasteiger partial charge is 0.336 e. The summed E-state index contributed by atoms with van der Waals surface area (Å²) in [7, 11) is 0. The molecule has 4 rings (SSSR count). The Morgan fingerprint density at radius 3 is 2.31 bits per heavy atom. The molecule has 3 aromatic rings. The molecule has 1 aliphatic carbocycles. The van der Waals surface area contributed by atoms with E-state index in [0.717, 1.165) is 28.7 Å². The number of hydrogen-bond acceptors (Lipinski definition) is 3. The Labute approximate surface area is 170 Å². The van der Waals surface area contributed by atoms with Crippen LogP contribution in [0.1, 0.15) is 28.7 Å². The van der Waals surface area contributed by atoms with Crippen LogP contribution in [0, 0.1) is 0 Å². The van der Waals surface area contributed by atoms with E-state index >= 15 is 0 Å². The first kappa shape index (κ1) is 18.6. The van der Waals surface area contributed by atoms with E-state index in [2.05, 4.69) is 6.07 Å². The first-order valence-corrected chi connectivity index (χ1v) is 9.57. The third kappa shape index (κ3) is 4.58. The molecule has 0 unspecified atom stereocenters. The van der Waals surface area contributed by atoms with Gasteiger partial charge in [0.1, 0.15) is 5.75 Å². The third-order valence-electron chi connectivity index (χ3n) is 4.85. The van der Waals surface area contributed by atoms with Crippen molar-refractivity contribution in [2.24, 2.45) is 0 Å². The van der Waals surface area contributed by atoms with Crippen molar-refractivity contribution < 1.29 is 14.3 Å². The number of allylic oxidation sites excluding steroid dienone is 1. The number of rotatable bonds is 4. The van der Waals surface area contributed by atoms with Gasteiger partial charge in [-0.1, -0.05) is 66.7 Å². The van der Waals surface area contributed by atoms with Crippen LogP contribution < -0.4 is 4.74 Å². The van der Waals surface area contributed by atoms with Crippen molar-refractivity contribution in [3.63, 3.8) is 0 Å². The van der Waals surface area contributed by atoms with Crippen LogP contribution in [0.4, 0.5) is 0 Å². The maximum absolute atomic E-state index is 12.4. The summed E-state index contributed by atoms with van der Waals surface area (Å²) >= 11 is 0. The molecule has 0 amide bonds. The van der Waals surface area contributed by atoms with Crippen LogP contribution in [0.5, 0.6) is 5.75 Å². The van der Waals surface area contributed by atoms with Gasteiger partial charge in [-0.3, -0.25) is 4.79 Å². The number of benzene rings is 3. The zero-order valence-corrected chi connectivity index (χ0v) is 15.9. The summed E-state index contributed by atoms with van der Waals surface area (Å²) < 4.78 is 5.35. The van der Waals surface area contributed by atoms with Crippen LogP contribution >= 0.6 is 0 Å². The van der Waals surface area contributed by atoms with Crippen molar-refractivity contribution >= 4 is 29.5 Å². The first-order valence-electron chi connectivity index (χ1n) is 9.57. The van der Waals surface area contributed by atoms with Gasteiger partial charge in [-0.25, -0.2) is 4.79 Å². The summed E-state index contributed by atoms with van der Waals surface area (Å²) in [5.74, 6) is 0.187. The molecule has 0 bridgehead atoms. The van der Waals surface area contributed by atoms with Gasteiger partial charge in [0, 0.05) is 18.1 Å². The zero-order valence-electron chi connectivity index (χ0n) is 15.9. The number of carbonyl (C=O) groups is 2. The number of ketones is 1. The van der Waals surface area contributed by atoms with Crippen molar-refractivity contribution in [1.82, 2.24) is 0 Å². The van der Waals surface area contributed by atoms with Gasteiger partial charge >= 0.3 is 5.97 Å². The Morgan fingerprint density at radius 1 is 0.793 bits per heavy atom. The second kappa shape index (κ2) is 8.53. The molecule has 0 saturated carbocycles. The molecule has 3 nitrogen and oxygen atoms in total. The molecule has 0 aromatic heterocycles. The molecule has 0 heterocycles. The Hall–Kier alpha value is -3.72. The monoisotopic (exact) mass is 380 g/mol. The first-order chi connectivity index (χ1) is 14.2. The Balaban J connectivity index is 1.47. The number of Topliss-reactive ketones (excluding diaryl/α,β-unsaturated/α-hetero) is 1. The average molecular weight is 380 g/mol. The molecule has 0 saturated heterocycles. The van der Waals surface area contributed by atoms with Gasteiger partial charge in [-0.15, -0.1) is 0 Å². The van der Waals surface area contributed by atoms with Gasteiger partial charge in [0.25, 0.3) is 0 Å². The molecule has 3 aromatic carbocycles. The van der Waals surface area contributed by atoms with Gasteiger partial charge < -0.3 is 4.74 Å². The molecule has 0 atom stereocenters. The van der Waals surface area contributed by atoms with Gasteiger partial charge in [-0.2, -0.15) is 0 Å². The molecule has 1 aliphatic rings. The summed E-state index contributed by atoms with van der Waals surface area (Å²) in [5, 5.41) is 0. The lowest BCUT2D eigenvalue weighted by molar-refractivity contribution is -0.128. The van der Waals surface area contributed by atoms with E-state index in [9.17, 15) is 9.59 Å². The number of esters is 1. The lowest BCUT2D eigenvalue weighted by Crippen LogP contribution is -2.12. The van der Waals surface area contributed by atoms with Gasteiger partial charge in [0.05, 0.1) is 0 Å². The summed E-state index contributed by atoms with van der Waals surface area (Å²) in [6, 6.07) is 24.8. The van der Waals surface area contributed by atoms with Gasteiger partial charge in [0.2, 0.25) is 0 Å². The Bertz CT molecular complexity index is 1090. The van der Waals surface area contributed by atoms with Crippen molar-refractivity contribution in [3.05, 3.63) is 107 Å². The average Bonchev–Trinajstić information content (AvgIpc) is 2.76. The maximum Gasteiger partial charge on any atom is 0.336 e. The van der Waals surface area contributed by atoms with Gasteiger partial charge in [-0.05, 0) is 53.0 Å². The standard InChI is InChI=1S/C26H20O3/c27-25-16-13-21-8-4-5-9-23(21)24(25)18-20-10-14-22(15-11-20)29-26(28)17-12-19-6-2-1-3-7-19/h1-12,14-15,17-18H,13,16H2/b17-12+,24-18+. The maximum atomic E-state index is 12.4. The fourth-order valence-electron chi connectivity index (χ4n) is 3.37. The van der Waals surface area contributed by atoms with Crippen molar-refractivity contribution in [3.8, 4) is 5.75 Å². The molecular weight excluding hydrogens is 360 g/mol. The SMILES string of the molecule is O=C(/C=C/c1ccccc1)Oc1ccc(/C=C2/C(=O)CCc3ccccc32)cc1. The second-order valence-corrected chi connectivity index (χ2v) is 6.87. The minimum absolute atomic E-state index is 0.158. The fourth-order valence-corrected chi connectivity index (χ4v) is 3.37. The van der Waals surface area contributed by atoms with Crippen molar-refractivity contribution in [2.75, 3.05) is 0 Å². The Kier molecular flexibility index (Phi) is 5.48. The van der Waals surface area contributed by atoms with E-state index in [0.29, 0.717) is 12.2 Å². The normalized spacial score (nSPS) is 14.8. The highest BCUT2D eigenvalue weighted by molar-refractivity contribution is 6.26. The molecule has 0 radical (unpaired) electrons. The van der Waals surface area contributed by atoms with Crippen molar-refractivity contribution in [2.45, 2.75) is 12.8 Å². The number of fused-ring (bicyclic) bond motifs is 1. The summed E-state index contributed by atoms with van der Waals surface area (Å²) in [4.78, 5) is 24.4. The van der Waals surface area contributed by atoms with E-state index in [1.54, 1.807) is 18.2 Å². The van der Waals surface area contributed by atoms with Gasteiger partial charge in [0.15, 0.2) is 5.78 Å². The molecular formula is C26H20O3. The number of carbonyl (C=O) groups excluding carboxylic acids is 2. The van der Waals surface area contributed by atoms with Crippen LogP contribution in [0.15, 0.2) is 84.9 Å². The van der Waals surface area contributed by atoms with E-state index in [4.69, 9.17) is 4.74 Å². The second-order valence-electron chi connectivity index (χ2n) is 6.87. The lowest BCUT2D eigenvalue weighted by atomic mass is 9.85. The zero-order chi connectivity index (χ0) is 20.1. The summed E-state index contributed by atoms with van der Waals surface area (Å²) in [5.41, 5.74) is 4.77. The lowest BCUT2D eigenvalue weighted by Gasteiger charge is -2.17. The van der Waals surface area contributed by atoms with Crippen molar-refractivity contribution in [1.29, 1.82) is 0 Å².